The number of rotatable bonds is 3. The second kappa shape index (κ2) is 5.94. The third-order valence-electron chi connectivity index (χ3n) is 4.47. The van der Waals surface area contributed by atoms with Crippen LogP contribution in [0.1, 0.15) is 25.2 Å². The number of nitrogens with zero attached hydrogens (tertiary/aromatic N) is 3. The zero-order valence-electron chi connectivity index (χ0n) is 14.3. The average Bonchev–Trinajstić information content (AvgIpc) is 2.93. The Balaban J connectivity index is 1.83. The van der Waals surface area contributed by atoms with E-state index in [0.29, 0.717) is 0 Å². The smallest absolute Gasteiger partial charge is 0.239 e. The lowest BCUT2D eigenvalue weighted by molar-refractivity contribution is -0.126. The molecule has 0 aromatic carbocycles. The highest BCUT2D eigenvalue weighted by molar-refractivity contribution is 5.83. The van der Waals surface area contributed by atoms with Crippen LogP contribution in [0.4, 0.5) is 0 Å². The highest BCUT2D eigenvalue weighted by atomic mass is 16.2. The molecule has 0 saturated carbocycles. The van der Waals surface area contributed by atoms with E-state index in [-0.39, 0.29) is 11.9 Å². The molecule has 124 valence electrons. The van der Waals surface area contributed by atoms with Crippen LogP contribution in [-0.2, 0) is 10.3 Å². The van der Waals surface area contributed by atoms with Crippen molar-refractivity contribution in [1.29, 1.82) is 0 Å². The molecular formula is C17H25N5O. The molecule has 0 aliphatic carbocycles. The molecule has 2 aromatic rings. The molecule has 1 saturated heterocycles. The zero-order chi connectivity index (χ0) is 16.6. The van der Waals surface area contributed by atoms with Gasteiger partial charge in [0.1, 0.15) is 5.82 Å². The summed E-state index contributed by atoms with van der Waals surface area (Å²) in [7, 11) is 2.04. The van der Waals surface area contributed by atoms with E-state index in [1.54, 1.807) is 0 Å². The number of hydrogen-bond donors (Lipinski definition) is 2. The van der Waals surface area contributed by atoms with E-state index >= 15 is 0 Å². The van der Waals surface area contributed by atoms with Crippen molar-refractivity contribution in [3.63, 3.8) is 0 Å². The van der Waals surface area contributed by atoms with E-state index in [9.17, 15) is 4.79 Å². The molecule has 6 nitrogen and oxygen atoms in total. The fourth-order valence-electron chi connectivity index (χ4n) is 3.15. The number of aryl methyl sites for hydroxylation is 1. The van der Waals surface area contributed by atoms with Gasteiger partial charge in [0.05, 0.1) is 23.3 Å². The molecule has 6 heteroatoms. The Morgan fingerprint density at radius 3 is 3.00 bits per heavy atom. The summed E-state index contributed by atoms with van der Waals surface area (Å²) in [6, 6.07) is 3.89. The summed E-state index contributed by atoms with van der Waals surface area (Å²) in [6.45, 7) is 8.58. The van der Waals surface area contributed by atoms with Gasteiger partial charge in [0.2, 0.25) is 5.91 Å². The molecule has 0 radical (unpaired) electrons. The predicted molar refractivity (Wildman–Crippen MR) is 90.4 cm³/mol. The maximum absolute atomic E-state index is 12.6. The lowest BCUT2D eigenvalue weighted by Crippen LogP contribution is -2.58. The predicted octanol–water partition coefficient (Wildman–Crippen LogP) is 0.898. The quantitative estimate of drug-likeness (QED) is 0.883. The van der Waals surface area contributed by atoms with Crippen molar-refractivity contribution in [2.45, 2.75) is 32.4 Å². The van der Waals surface area contributed by atoms with Crippen LogP contribution < -0.4 is 10.6 Å². The number of carbonyl (C=O) groups excluding carboxylic acids is 1. The number of piperazine rings is 1. The number of imidazole rings is 1. The maximum atomic E-state index is 12.6. The van der Waals surface area contributed by atoms with E-state index < -0.39 is 5.54 Å². The fourth-order valence-corrected chi connectivity index (χ4v) is 3.15. The van der Waals surface area contributed by atoms with E-state index in [0.717, 1.165) is 31.0 Å². The Morgan fingerprint density at radius 2 is 2.26 bits per heavy atom. The summed E-state index contributed by atoms with van der Waals surface area (Å²) < 4.78 is 2.05. The Hall–Kier alpha value is -1.92. The lowest BCUT2D eigenvalue weighted by atomic mass is 10.0. The van der Waals surface area contributed by atoms with E-state index in [1.165, 1.54) is 5.56 Å². The molecule has 2 N–H and O–H groups in total. The summed E-state index contributed by atoms with van der Waals surface area (Å²) in [5.41, 5.74) is 1.69. The highest BCUT2D eigenvalue weighted by Gasteiger charge is 2.32. The van der Waals surface area contributed by atoms with Crippen molar-refractivity contribution >= 4 is 11.4 Å². The van der Waals surface area contributed by atoms with Crippen molar-refractivity contribution in [1.82, 2.24) is 24.9 Å². The van der Waals surface area contributed by atoms with E-state index in [1.807, 2.05) is 39.4 Å². The number of fused-ring (bicyclic) bond motifs is 1. The molecule has 0 spiro atoms. The van der Waals surface area contributed by atoms with E-state index in [2.05, 4.69) is 37.9 Å². The topological polar surface area (TPSA) is 61.7 Å². The normalized spacial score (nSPS) is 19.9. The van der Waals surface area contributed by atoms with Crippen molar-refractivity contribution in [3.05, 3.63) is 35.9 Å². The second-order valence-electron chi connectivity index (χ2n) is 6.91. The summed E-state index contributed by atoms with van der Waals surface area (Å²) in [5.74, 6) is 0.861. The largest absolute Gasteiger partial charge is 0.343 e. The van der Waals surface area contributed by atoms with Crippen molar-refractivity contribution < 1.29 is 4.79 Å². The van der Waals surface area contributed by atoms with Crippen LogP contribution >= 0.6 is 0 Å². The number of carbonyl (C=O) groups is 1. The van der Waals surface area contributed by atoms with E-state index in [4.69, 9.17) is 0 Å². The molecule has 1 amide bonds. The Labute approximate surface area is 136 Å². The SMILES string of the molecule is Cc1cccn2c(C(C)(C)NC(=O)[C@@H]3CN(C)CCN3)ncc12. The monoisotopic (exact) mass is 315 g/mol. The van der Waals surface area contributed by atoms with Crippen LogP contribution in [0.2, 0.25) is 0 Å². The molecule has 1 aliphatic heterocycles. The number of aromatic nitrogens is 2. The Morgan fingerprint density at radius 1 is 1.48 bits per heavy atom. The molecule has 0 bridgehead atoms. The minimum absolute atomic E-state index is 0.0194. The van der Waals surface area contributed by atoms with Crippen LogP contribution in [0.15, 0.2) is 24.5 Å². The van der Waals surface area contributed by atoms with Gasteiger partial charge in [0, 0.05) is 25.8 Å². The lowest BCUT2D eigenvalue weighted by Gasteiger charge is -2.33. The first-order valence-corrected chi connectivity index (χ1v) is 8.05. The minimum atomic E-state index is -0.547. The van der Waals surface area contributed by atoms with Gasteiger partial charge in [-0.3, -0.25) is 4.79 Å². The van der Waals surface area contributed by atoms with Crippen LogP contribution in [0.5, 0.6) is 0 Å². The number of likely N-dealkylation sites (N-methyl/N-ethyl adjacent to an activating group) is 1. The molecule has 3 heterocycles. The second-order valence-corrected chi connectivity index (χ2v) is 6.91. The fraction of sp³-hybridized carbons (Fsp3) is 0.529. The first kappa shape index (κ1) is 16.0. The van der Waals surface area contributed by atoms with Gasteiger partial charge in [-0.05, 0) is 39.4 Å². The van der Waals surface area contributed by atoms with Crippen LogP contribution in [0.25, 0.3) is 5.52 Å². The average molecular weight is 315 g/mol. The molecule has 1 fully saturated rings. The van der Waals surface area contributed by atoms with Gasteiger partial charge in [-0.1, -0.05) is 6.07 Å². The third kappa shape index (κ3) is 3.09. The summed E-state index contributed by atoms with van der Waals surface area (Å²) in [5, 5.41) is 6.43. The molecule has 0 unspecified atom stereocenters. The van der Waals surface area contributed by atoms with Gasteiger partial charge in [-0.15, -0.1) is 0 Å². The number of pyridine rings is 1. The van der Waals surface area contributed by atoms with Crippen molar-refractivity contribution in [2.75, 3.05) is 26.7 Å². The Bertz CT molecular complexity index is 721. The minimum Gasteiger partial charge on any atom is -0.343 e. The van der Waals surface area contributed by atoms with Gasteiger partial charge in [0.25, 0.3) is 0 Å². The first-order valence-electron chi connectivity index (χ1n) is 8.05. The molecule has 2 aromatic heterocycles. The summed E-state index contributed by atoms with van der Waals surface area (Å²) in [6.07, 6.45) is 3.86. The summed E-state index contributed by atoms with van der Waals surface area (Å²) in [4.78, 5) is 19.3. The third-order valence-corrected chi connectivity index (χ3v) is 4.47. The number of nitrogens with one attached hydrogen (secondary N) is 2. The Kier molecular flexibility index (Phi) is 4.12. The van der Waals surface area contributed by atoms with Crippen molar-refractivity contribution in [2.24, 2.45) is 0 Å². The van der Waals surface area contributed by atoms with Gasteiger partial charge in [0.15, 0.2) is 0 Å². The van der Waals surface area contributed by atoms with Crippen LogP contribution in [0.3, 0.4) is 0 Å². The maximum Gasteiger partial charge on any atom is 0.239 e. The van der Waals surface area contributed by atoms with Crippen LogP contribution in [0, 0.1) is 6.92 Å². The van der Waals surface area contributed by atoms with Gasteiger partial charge >= 0.3 is 0 Å². The molecule has 1 aliphatic rings. The molecule has 1 atom stereocenters. The van der Waals surface area contributed by atoms with Crippen molar-refractivity contribution in [3.8, 4) is 0 Å². The number of hydrogen-bond acceptors (Lipinski definition) is 4. The summed E-state index contributed by atoms with van der Waals surface area (Å²) >= 11 is 0. The van der Waals surface area contributed by atoms with Gasteiger partial charge in [-0.25, -0.2) is 4.98 Å². The molecule has 3 rings (SSSR count). The van der Waals surface area contributed by atoms with Gasteiger partial charge < -0.3 is 19.9 Å². The molecular weight excluding hydrogens is 290 g/mol. The van der Waals surface area contributed by atoms with Crippen LogP contribution in [-0.4, -0.2) is 52.9 Å². The number of amides is 1. The first-order chi connectivity index (χ1) is 10.9. The highest BCUT2D eigenvalue weighted by Crippen LogP contribution is 2.22. The van der Waals surface area contributed by atoms with Gasteiger partial charge in [-0.2, -0.15) is 0 Å². The zero-order valence-corrected chi connectivity index (χ0v) is 14.3. The molecule has 23 heavy (non-hydrogen) atoms. The standard InChI is InChI=1S/C17H25N5O/c1-12-6-5-8-22-14(12)10-19-16(22)17(2,3)20-15(23)13-11-21(4)9-7-18-13/h5-6,8,10,13,18H,7,9,11H2,1-4H3,(H,20,23)/t13-/m0/s1.